The van der Waals surface area contributed by atoms with E-state index in [1.807, 2.05) is 0 Å². The monoisotopic (exact) mass is 237 g/mol. The van der Waals surface area contributed by atoms with Crippen LogP contribution in [0.15, 0.2) is 36.4 Å². The summed E-state index contributed by atoms with van der Waals surface area (Å²) >= 11 is 0. The molecule has 0 saturated heterocycles. The molecule has 0 radical (unpaired) electrons. The van der Waals surface area contributed by atoms with Crippen molar-refractivity contribution in [3.63, 3.8) is 0 Å². The van der Waals surface area contributed by atoms with Crippen LogP contribution in [0.5, 0.6) is 11.5 Å². The Morgan fingerprint density at radius 3 is 2.24 bits per heavy atom. The number of phenols is 2. The van der Waals surface area contributed by atoms with Crippen molar-refractivity contribution in [2.45, 2.75) is 0 Å². The van der Waals surface area contributed by atoms with Crippen LogP contribution in [0.1, 0.15) is 0 Å². The Hall–Kier alpha value is -2.30. The van der Waals surface area contributed by atoms with Crippen molar-refractivity contribution in [2.24, 2.45) is 0 Å². The van der Waals surface area contributed by atoms with Crippen LogP contribution in [-0.4, -0.2) is 10.2 Å². The predicted molar refractivity (Wildman–Crippen MR) is 59.4 cm³/mol. The first kappa shape index (κ1) is 11.2. The maximum absolute atomic E-state index is 12.9. The van der Waals surface area contributed by atoms with Gasteiger partial charge in [-0.3, -0.25) is 0 Å². The number of phenolic OH excluding ortho intramolecular Hbond substituents is 2. The molecular weight excluding hydrogens is 228 g/mol. The molecular formula is C12H9F2NO2. The van der Waals surface area contributed by atoms with E-state index >= 15 is 0 Å². The highest BCUT2D eigenvalue weighted by atomic mass is 19.1. The Labute approximate surface area is 96.0 Å². The summed E-state index contributed by atoms with van der Waals surface area (Å²) in [5, 5.41) is 21.4. The summed E-state index contributed by atoms with van der Waals surface area (Å²) in [6.45, 7) is 0. The van der Waals surface area contributed by atoms with Crippen molar-refractivity contribution in [1.82, 2.24) is 0 Å². The smallest absolute Gasteiger partial charge is 0.181 e. The van der Waals surface area contributed by atoms with Crippen LogP contribution >= 0.6 is 0 Å². The summed E-state index contributed by atoms with van der Waals surface area (Å²) in [5.74, 6) is -2.15. The minimum atomic E-state index is -0.729. The zero-order chi connectivity index (χ0) is 12.4. The van der Waals surface area contributed by atoms with Crippen LogP contribution < -0.4 is 5.32 Å². The van der Waals surface area contributed by atoms with Crippen molar-refractivity contribution < 1.29 is 19.0 Å². The fraction of sp³-hybridized carbons (Fsp3) is 0. The van der Waals surface area contributed by atoms with Gasteiger partial charge >= 0.3 is 0 Å². The second-order valence-electron chi connectivity index (χ2n) is 3.46. The third-order valence-corrected chi connectivity index (χ3v) is 2.16. The van der Waals surface area contributed by atoms with Gasteiger partial charge in [0.1, 0.15) is 11.6 Å². The molecule has 0 fully saturated rings. The first-order valence-corrected chi connectivity index (χ1v) is 4.80. The average molecular weight is 237 g/mol. The second-order valence-corrected chi connectivity index (χ2v) is 3.46. The fourth-order valence-corrected chi connectivity index (χ4v) is 1.41. The summed E-state index contributed by atoms with van der Waals surface area (Å²) in [5.41, 5.74) is 0.304. The van der Waals surface area contributed by atoms with Crippen molar-refractivity contribution in [1.29, 1.82) is 0 Å². The lowest BCUT2D eigenvalue weighted by molar-refractivity contribution is 0.405. The van der Waals surface area contributed by atoms with E-state index in [2.05, 4.69) is 5.32 Å². The topological polar surface area (TPSA) is 52.5 Å². The van der Waals surface area contributed by atoms with Crippen LogP contribution in [0, 0.1) is 11.6 Å². The third kappa shape index (κ3) is 2.44. The number of para-hydroxylation sites is 1. The number of aromatic hydroxyl groups is 2. The van der Waals surface area contributed by atoms with Crippen molar-refractivity contribution in [3.8, 4) is 11.5 Å². The van der Waals surface area contributed by atoms with Gasteiger partial charge in [-0.05, 0) is 24.3 Å². The van der Waals surface area contributed by atoms with E-state index in [4.69, 9.17) is 0 Å². The molecule has 0 amide bonds. The van der Waals surface area contributed by atoms with Crippen molar-refractivity contribution >= 4 is 11.4 Å². The molecule has 2 aromatic rings. The van der Waals surface area contributed by atoms with Gasteiger partial charge in [-0.2, -0.15) is 0 Å². The normalized spacial score (nSPS) is 10.2. The first-order valence-electron chi connectivity index (χ1n) is 4.80. The molecule has 0 atom stereocenters. The lowest BCUT2D eigenvalue weighted by Crippen LogP contribution is -1.93. The van der Waals surface area contributed by atoms with Gasteiger partial charge < -0.3 is 15.5 Å². The number of anilines is 2. The first-order chi connectivity index (χ1) is 8.06. The molecule has 5 heteroatoms. The Balaban J connectivity index is 2.34. The lowest BCUT2D eigenvalue weighted by atomic mass is 10.2. The molecule has 0 saturated carbocycles. The maximum atomic E-state index is 12.9. The SMILES string of the molecule is Oc1cccc(Nc2cc(F)cc(F)c2)c1O. The summed E-state index contributed by atoms with van der Waals surface area (Å²) in [6.07, 6.45) is 0. The van der Waals surface area contributed by atoms with Crippen LogP contribution in [0.25, 0.3) is 0 Å². The average Bonchev–Trinajstić information content (AvgIpc) is 2.23. The largest absolute Gasteiger partial charge is 0.504 e. The quantitative estimate of drug-likeness (QED) is 0.703. The van der Waals surface area contributed by atoms with Crippen molar-refractivity contribution in [3.05, 3.63) is 48.0 Å². The van der Waals surface area contributed by atoms with Gasteiger partial charge in [-0.1, -0.05) is 6.07 Å². The van der Waals surface area contributed by atoms with E-state index in [9.17, 15) is 19.0 Å². The van der Waals surface area contributed by atoms with E-state index in [0.29, 0.717) is 0 Å². The van der Waals surface area contributed by atoms with E-state index in [0.717, 1.165) is 18.2 Å². The third-order valence-electron chi connectivity index (χ3n) is 2.16. The predicted octanol–water partition coefficient (Wildman–Crippen LogP) is 3.12. The summed E-state index contributed by atoms with van der Waals surface area (Å²) in [6, 6.07) is 7.16. The van der Waals surface area contributed by atoms with Crippen molar-refractivity contribution in [2.75, 3.05) is 5.32 Å². The molecule has 0 heterocycles. The second kappa shape index (κ2) is 4.29. The number of benzene rings is 2. The molecule has 3 nitrogen and oxygen atoms in total. The molecule has 2 rings (SSSR count). The highest BCUT2D eigenvalue weighted by molar-refractivity contribution is 5.69. The van der Waals surface area contributed by atoms with Crippen LogP contribution in [0.4, 0.5) is 20.2 Å². The molecule has 3 N–H and O–H groups in total. The molecule has 0 aromatic heterocycles. The molecule has 2 aromatic carbocycles. The standard InChI is InChI=1S/C12H9F2NO2/c13-7-4-8(14)6-9(5-7)15-10-2-1-3-11(16)12(10)17/h1-6,15-17H. The van der Waals surface area contributed by atoms with Gasteiger partial charge in [0.25, 0.3) is 0 Å². The van der Waals surface area contributed by atoms with E-state index in [1.54, 1.807) is 0 Å². The Kier molecular flexibility index (Phi) is 2.82. The van der Waals surface area contributed by atoms with Crippen LogP contribution in [0.2, 0.25) is 0 Å². The van der Waals surface area contributed by atoms with Gasteiger partial charge in [-0.25, -0.2) is 8.78 Å². The molecule has 0 aliphatic rings. The van der Waals surface area contributed by atoms with Gasteiger partial charge in [0, 0.05) is 11.8 Å². The number of hydrogen-bond acceptors (Lipinski definition) is 3. The molecule has 0 unspecified atom stereocenters. The zero-order valence-electron chi connectivity index (χ0n) is 8.61. The van der Waals surface area contributed by atoms with Crippen LogP contribution in [0.3, 0.4) is 0 Å². The summed E-state index contributed by atoms with van der Waals surface area (Å²) < 4.78 is 25.8. The molecule has 0 aliphatic carbocycles. The van der Waals surface area contributed by atoms with E-state index < -0.39 is 11.6 Å². The number of hydrogen-bond donors (Lipinski definition) is 3. The van der Waals surface area contributed by atoms with E-state index in [-0.39, 0.29) is 22.9 Å². The number of rotatable bonds is 2. The summed E-state index contributed by atoms with van der Waals surface area (Å²) in [4.78, 5) is 0. The minimum Gasteiger partial charge on any atom is -0.504 e. The van der Waals surface area contributed by atoms with Gasteiger partial charge in [0.2, 0.25) is 0 Å². The highest BCUT2D eigenvalue weighted by Crippen LogP contribution is 2.34. The fourth-order valence-electron chi connectivity index (χ4n) is 1.41. The highest BCUT2D eigenvalue weighted by Gasteiger charge is 2.07. The molecule has 17 heavy (non-hydrogen) atoms. The van der Waals surface area contributed by atoms with Gasteiger partial charge in [-0.15, -0.1) is 0 Å². The summed E-state index contributed by atoms with van der Waals surface area (Å²) in [7, 11) is 0. The number of halogens is 2. The van der Waals surface area contributed by atoms with Crippen LogP contribution in [-0.2, 0) is 0 Å². The Morgan fingerprint density at radius 1 is 0.941 bits per heavy atom. The maximum Gasteiger partial charge on any atom is 0.181 e. The van der Waals surface area contributed by atoms with Gasteiger partial charge in [0.15, 0.2) is 11.5 Å². The lowest BCUT2D eigenvalue weighted by Gasteiger charge is -2.09. The minimum absolute atomic E-state index is 0.142. The zero-order valence-corrected chi connectivity index (χ0v) is 8.61. The molecule has 88 valence electrons. The van der Waals surface area contributed by atoms with Gasteiger partial charge in [0.05, 0.1) is 5.69 Å². The molecule has 0 bridgehead atoms. The number of nitrogens with one attached hydrogen (secondary N) is 1. The molecule has 0 spiro atoms. The Morgan fingerprint density at radius 2 is 1.59 bits per heavy atom. The Bertz CT molecular complexity index is 538. The van der Waals surface area contributed by atoms with E-state index in [1.165, 1.54) is 18.2 Å². The molecule has 0 aliphatic heterocycles.